The Kier molecular flexibility index (Phi) is 8.49. The van der Waals surface area contributed by atoms with Gasteiger partial charge in [-0.1, -0.05) is 42.5 Å². The van der Waals surface area contributed by atoms with E-state index >= 15 is 0 Å². The minimum atomic E-state index is -0.158. The van der Waals surface area contributed by atoms with Gasteiger partial charge in [-0.25, -0.2) is 4.79 Å². The highest BCUT2D eigenvalue weighted by Crippen LogP contribution is 2.22. The van der Waals surface area contributed by atoms with Crippen LogP contribution in [0.25, 0.3) is 0 Å². The smallest absolute Gasteiger partial charge is 0.314 e. The Morgan fingerprint density at radius 1 is 1.00 bits per heavy atom. The summed E-state index contributed by atoms with van der Waals surface area (Å²) < 4.78 is 5.13. The summed E-state index contributed by atoms with van der Waals surface area (Å²) in [6, 6.07) is 17.8. The molecule has 2 aromatic carbocycles. The highest BCUT2D eigenvalue weighted by molar-refractivity contribution is 5.73. The minimum absolute atomic E-state index is 0.146. The number of hydrogen-bond donors (Lipinski definition) is 3. The number of amides is 2. The van der Waals surface area contributed by atoms with Crippen molar-refractivity contribution in [3.63, 3.8) is 0 Å². The number of benzene rings is 2. The lowest BCUT2D eigenvalue weighted by atomic mass is 9.93. The van der Waals surface area contributed by atoms with Crippen molar-refractivity contribution in [1.29, 1.82) is 0 Å². The summed E-state index contributed by atoms with van der Waals surface area (Å²) in [4.78, 5) is 11.9. The van der Waals surface area contributed by atoms with Crippen LogP contribution in [-0.2, 0) is 6.42 Å². The number of urea groups is 1. The minimum Gasteiger partial charge on any atom is -0.497 e. The summed E-state index contributed by atoms with van der Waals surface area (Å²) in [7, 11) is 1.64. The molecule has 0 saturated heterocycles. The zero-order chi connectivity index (χ0) is 18.6. The molecule has 2 rings (SSSR count). The van der Waals surface area contributed by atoms with Crippen molar-refractivity contribution in [2.24, 2.45) is 0 Å². The highest BCUT2D eigenvalue weighted by Gasteiger charge is 2.11. The maximum Gasteiger partial charge on any atom is 0.314 e. The molecule has 3 N–H and O–H groups in total. The van der Waals surface area contributed by atoms with Crippen LogP contribution >= 0.6 is 0 Å². The molecule has 1 unspecified atom stereocenters. The van der Waals surface area contributed by atoms with Crippen molar-refractivity contribution in [1.82, 2.24) is 10.6 Å². The molecule has 0 fully saturated rings. The quantitative estimate of drug-likeness (QED) is 0.613. The van der Waals surface area contributed by atoms with Crippen molar-refractivity contribution in [2.75, 3.05) is 26.8 Å². The van der Waals surface area contributed by atoms with E-state index in [4.69, 9.17) is 4.74 Å². The zero-order valence-corrected chi connectivity index (χ0v) is 15.3. The van der Waals surface area contributed by atoms with Gasteiger partial charge in [0.2, 0.25) is 0 Å². The molecule has 0 radical (unpaired) electrons. The maximum atomic E-state index is 11.9. The van der Waals surface area contributed by atoms with Crippen molar-refractivity contribution in [3.8, 4) is 5.75 Å². The fourth-order valence-corrected chi connectivity index (χ4v) is 2.89. The van der Waals surface area contributed by atoms with Crippen LogP contribution in [0.15, 0.2) is 54.6 Å². The number of rotatable bonds is 10. The van der Waals surface area contributed by atoms with Crippen LogP contribution in [0.1, 0.15) is 29.9 Å². The normalized spacial score (nSPS) is 11.6. The van der Waals surface area contributed by atoms with Crippen LogP contribution in [0.5, 0.6) is 5.75 Å². The van der Waals surface area contributed by atoms with E-state index in [1.165, 1.54) is 5.56 Å². The van der Waals surface area contributed by atoms with E-state index in [2.05, 4.69) is 22.8 Å². The monoisotopic (exact) mass is 356 g/mol. The van der Waals surface area contributed by atoms with Crippen molar-refractivity contribution >= 4 is 6.03 Å². The van der Waals surface area contributed by atoms with Gasteiger partial charge in [0.1, 0.15) is 5.75 Å². The largest absolute Gasteiger partial charge is 0.497 e. The van der Waals surface area contributed by atoms with Gasteiger partial charge in [-0.3, -0.25) is 0 Å². The number of methoxy groups -OCH3 is 1. The molecule has 0 saturated carbocycles. The molecule has 0 aromatic heterocycles. The van der Waals surface area contributed by atoms with Gasteiger partial charge in [-0.05, 0) is 48.4 Å². The third-order valence-electron chi connectivity index (χ3n) is 4.39. The van der Waals surface area contributed by atoms with Gasteiger partial charge in [0.25, 0.3) is 0 Å². The Morgan fingerprint density at radius 2 is 1.69 bits per heavy atom. The number of hydrogen-bond acceptors (Lipinski definition) is 3. The fourth-order valence-electron chi connectivity index (χ4n) is 2.89. The summed E-state index contributed by atoms with van der Waals surface area (Å²) in [6.07, 6.45) is 2.27. The van der Waals surface area contributed by atoms with Gasteiger partial charge in [0.05, 0.1) is 7.11 Å². The molecule has 140 valence electrons. The molecule has 0 aliphatic heterocycles. The van der Waals surface area contributed by atoms with E-state index in [1.54, 1.807) is 7.11 Å². The summed E-state index contributed by atoms with van der Waals surface area (Å²) in [6.45, 7) is 1.30. The molecule has 0 aliphatic rings. The fraction of sp³-hybridized carbons (Fsp3) is 0.381. The Bertz CT molecular complexity index is 644. The number of nitrogens with one attached hydrogen (secondary N) is 2. The molecular weight excluding hydrogens is 328 g/mol. The van der Waals surface area contributed by atoms with Crippen LogP contribution in [0.3, 0.4) is 0 Å². The van der Waals surface area contributed by atoms with Gasteiger partial charge in [-0.15, -0.1) is 0 Å². The molecule has 2 amide bonds. The average molecular weight is 356 g/mol. The lowest BCUT2D eigenvalue weighted by Gasteiger charge is -2.17. The van der Waals surface area contributed by atoms with E-state index < -0.39 is 0 Å². The van der Waals surface area contributed by atoms with E-state index in [9.17, 15) is 9.90 Å². The van der Waals surface area contributed by atoms with Gasteiger partial charge in [0.15, 0.2) is 0 Å². The standard InChI is InChI=1S/C21H28N2O3/c1-26-20-9-7-17(8-10-20)11-14-22-21(25)23-15-12-19(13-16-24)18-5-3-2-4-6-18/h2-10,19,24H,11-16H2,1H3,(H2,22,23,25). The van der Waals surface area contributed by atoms with Crippen molar-refractivity contribution in [3.05, 3.63) is 65.7 Å². The lowest BCUT2D eigenvalue weighted by molar-refractivity contribution is 0.240. The number of aliphatic hydroxyl groups excluding tert-OH is 1. The highest BCUT2D eigenvalue weighted by atomic mass is 16.5. The summed E-state index contributed by atoms with van der Waals surface area (Å²) in [5.74, 6) is 1.08. The molecule has 0 heterocycles. The topological polar surface area (TPSA) is 70.6 Å². The van der Waals surface area contributed by atoms with E-state index in [-0.39, 0.29) is 18.6 Å². The third kappa shape index (κ3) is 6.76. The van der Waals surface area contributed by atoms with Crippen LogP contribution in [0.4, 0.5) is 4.79 Å². The van der Waals surface area contributed by atoms with Gasteiger partial charge in [0, 0.05) is 19.7 Å². The first-order chi connectivity index (χ1) is 12.7. The second kappa shape index (κ2) is 11.2. The third-order valence-corrected chi connectivity index (χ3v) is 4.39. The van der Waals surface area contributed by atoms with Crippen LogP contribution in [-0.4, -0.2) is 37.9 Å². The van der Waals surface area contributed by atoms with Crippen molar-refractivity contribution in [2.45, 2.75) is 25.2 Å². The Hall–Kier alpha value is -2.53. The summed E-state index contributed by atoms with van der Waals surface area (Å²) >= 11 is 0. The van der Waals surface area contributed by atoms with Crippen LogP contribution in [0.2, 0.25) is 0 Å². The van der Waals surface area contributed by atoms with Gasteiger partial charge < -0.3 is 20.5 Å². The van der Waals surface area contributed by atoms with Crippen LogP contribution in [0, 0.1) is 0 Å². The number of carbonyl (C=O) groups is 1. The maximum absolute atomic E-state index is 11.9. The molecule has 0 spiro atoms. The number of aliphatic hydroxyl groups is 1. The van der Waals surface area contributed by atoms with E-state index in [0.717, 1.165) is 24.2 Å². The molecule has 5 heteroatoms. The van der Waals surface area contributed by atoms with Gasteiger partial charge in [-0.2, -0.15) is 0 Å². The molecule has 1 atom stereocenters. The number of ether oxygens (including phenoxy) is 1. The Morgan fingerprint density at radius 3 is 2.35 bits per heavy atom. The summed E-state index contributed by atoms with van der Waals surface area (Å²) in [5.41, 5.74) is 2.35. The van der Waals surface area contributed by atoms with Crippen molar-refractivity contribution < 1.29 is 14.6 Å². The molecule has 5 nitrogen and oxygen atoms in total. The molecule has 0 bridgehead atoms. The SMILES string of the molecule is COc1ccc(CCNC(=O)NCCC(CCO)c2ccccc2)cc1. The van der Waals surface area contributed by atoms with E-state index in [0.29, 0.717) is 19.5 Å². The molecule has 2 aromatic rings. The lowest BCUT2D eigenvalue weighted by Crippen LogP contribution is -2.37. The first kappa shape index (κ1) is 19.8. The molecular formula is C21H28N2O3. The average Bonchev–Trinajstić information content (AvgIpc) is 2.68. The van der Waals surface area contributed by atoms with E-state index in [1.807, 2.05) is 42.5 Å². The second-order valence-electron chi connectivity index (χ2n) is 6.19. The Balaban J connectivity index is 1.67. The first-order valence-electron chi connectivity index (χ1n) is 9.03. The molecule has 26 heavy (non-hydrogen) atoms. The van der Waals surface area contributed by atoms with Crippen LogP contribution < -0.4 is 15.4 Å². The predicted molar refractivity (Wildman–Crippen MR) is 104 cm³/mol. The second-order valence-corrected chi connectivity index (χ2v) is 6.19. The number of carbonyl (C=O) groups excluding carboxylic acids is 1. The predicted octanol–water partition coefficient (Wildman–Crippen LogP) is 3.09. The van der Waals surface area contributed by atoms with Gasteiger partial charge >= 0.3 is 6.03 Å². The Labute approximate surface area is 155 Å². The first-order valence-corrected chi connectivity index (χ1v) is 9.03. The zero-order valence-electron chi connectivity index (χ0n) is 15.3. The summed E-state index contributed by atoms with van der Waals surface area (Å²) in [5, 5.41) is 15.0. The molecule has 0 aliphatic carbocycles.